The number of fused-ring (bicyclic) bond motifs is 13. The zero-order valence-electron chi connectivity index (χ0n) is 51.5. The van der Waals surface area contributed by atoms with Crippen LogP contribution in [0.4, 0.5) is 5.69 Å². The predicted octanol–water partition coefficient (Wildman–Crippen LogP) is 21.8. The maximum Gasteiger partial charge on any atom is 0.220 e. The second-order valence-corrected chi connectivity index (χ2v) is 26.2. The normalized spacial score (nSPS) is 12.3. The molecule has 8 nitrogen and oxygen atoms in total. The quantitative estimate of drug-likeness (QED) is 0.142. The van der Waals surface area contributed by atoms with Crippen molar-refractivity contribution in [3.05, 3.63) is 289 Å². The van der Waals surface area contributed by atoms with Crippen LogP contribution in [0.3, 0.4) is 0 Å². The van der Waals surface area contributed by atoms with Gasteiger partial charge in [0.25, 0.3) is 0 Å². The number of benzene rings is 12. The number of rotatable bonds is 8. The fourth-order valence-electron chi connectivity index (χ4n) is 14.1. The molecule has 0 unspecified atom stereocenters. The summed E-state index contributed by atoms with van der Waals surface area (Å²) in [6.45, 7) is 23.5. The van der Waals surface area contributed by atoms with Crippen molar-refractivity contribution in [1.29, 1.82) is 0 Å². The summed E-state index contributed by atoms with van der Waals surface area (Å²) >= 11 is 0. The Bertz CT molecular complexity index is 5750. The fourth-order valence-corrected chi connectivity index (χ4v) is 14.1. The highest BCUT2D eigenvalue weighted by molar-refractivity contribution is 6.13. The largest absolute Gasteiger partial charge is 0.318 e. The highest BCUT2D eigenvalue weighted by atomic mass is 15.2. The van der Waals surface area contributed by atoms with Crippen molar-refractivity contribution in [2.75, 3.05) is 0 Å². The molecule has 5 heterocycles. The lowest BCUT2D eigenvalue weighted by atomic mass is 9.85. The zero-order valence-corrected chi connectivity index (χ0v) is 51.5. The van der Waals surface area contributed by atoms with Crippen LogP contribution in [0, 0.1) is 6.57 Å². The number of imidazole rings is 4. The first-order chi connectivity index (χ1) is 44.4. The zero-order chi connectivity index (χ0) is 61.4. The molecule has 0 radical (unpaired) electrons. The first kappa shape index (κ1) is 53.7. The van der Waals surface area contributed by atoms with Crippen LogP contribution in [0.1, 0.15) is 52.7 Å². The molecule has 0 aliphatic rings. The lowest BCUT2D eigenvalue weighted by molar-refractivity contribution is 0.590. The number of hydrogen-bond acceptors (Lipinski definition) is 2. The molecule has 0 amide bonds. The minimum Gasteiger partial charge on any atom is -0.318 e. The molecule has 17 aromatic rings. The molecular formula is C83H62N8. The Labute approximate surface area is 527 Å². The molecule has 0 saturated carbocycles. The van der Waals surface area contributed by atoms with Gasteiger partial charge in [0.05, 0.1) is 67.4 Å². The monoisotopic (exact) mass is 1170 g/mol. The van der Waals surface area contributed by atoms with Gasteiger partial charge in [-0.25, -0.2) is 14.8 Å². The van der Waals surface area contributed by atoms with E-state index in [2.05, 4.69) is 331 Å². The van der Waals surface area contributed by atoms with Gasteiger partial charge in [0, 0.05) is 22.1 Å². The van der Waals surface area contributed by atoms with Crippen LogP contribution >= 0.6 is 0 Å². The van der Waals surface area contributed by atoms with E-state index in [1.54, 1.807) is 0 Å². The maximum absolute atomic E-state index is 9.82. The van der Waals surface area contributed by atoms with Crippen LogP contribution in [0.15, 0.2) is 267 Å². The fraction of sp³-hybridized carbons (Fsp3) is 0.0964. The summed E-state index contributed by atoms with van der Waals surface area (Å²) in [5.74, 6) is 1.64. The molecule has 0 atom stereocenters. The molecule has 0 N–H and O–H groups in total. The molecule has 8 heteroatoms. The van der Waals surface area contributed by atoms with E-state index in [9.17, 15) is 6.57 Å². The van der Waals surface area contributed by atoms with Gasteiger partial charge in [0.1, 0.15) is 0 Å². The van der Waals surface area contributed by atoms with Crippen LogP contribution in [0.25, 0.3) is 155 Å². The van der Waals surface area contributed by atoms with Crippen molar-refractivity contribution in [2.24, 2.45) is 0 Å². The summed E-state index contributed by atoms with van der Waals surface area (Å²) in [5, 5.41) is 2.30. The number of para-hydroxylation sites is 2. The molecule has 17 rings (SSSR count). The lowest BCUT2D eigenvalue weighted by Gasteiger charge is -2.23. The Balaban J connectivity index is 1.02. The Hall–Kier alpha value is -11.5. The second-order valence-electron chi connectivity index (χ2n) is 26.2. The molecule has 5 aromatic heterocycles. The van der Waals surface area contributed by atoms with Crippen molar-refractivity contribution in [3.63, 3.8) is 0 Å². The Morgan fingerprint density at radius 3 is 1.13 bits per heavy atom. The number of hydrogen-bond donors (Lipinski definition) is 0. The predicted molar refractivity (Wildman–Crippen MR) is 378 cm³/mol. The molecule has 0 aliphatic carbocycles. The molecule has 0 aliphatic heterocycles. The van der Waals surface area contributed by atoms with Gasteiger partial charge < -0.3 is 4.57 Å². The first-order valence-electron chi connectivity index (χ1n) is 31.3. The third kappa shape index (κ3) is 8.49. The topological polar surface area (TPSA) is 53.8 Å². The molecule has 12 aromatic carbocycles. The Kier molecular flexibility index (Phi) is 12.0. The standard InChI is InChI=1S/C83H62N8/c1-82(2,3)59-37-43-69-65(49-59)66-50-60(83(4,5)6)38-44-70(66)89(69)79-64(58-36-42-72-76(48-58)91-74-46-56(53-25-15-9-16-26-53)34-40-68(74)86-81(91)88(72)62-31-21-12-22-32-62)51-63(77(78(79)84-7)54-27-17-10-18-28-54)57-35-41-71-75(47-57)90-73-45-55(52-23-13-8-14-24-52)33-39-67(73)85-80(90)87(71)61-29-19-11-20-30-61/h8-51H,1-6H3. The van der Waals surface area contributed by atoms with E-state index < -0.39 is 0 Å². The molecule has 0 bridgehead atoms. The van der Waals surface area contributed by atoms with Gasteiger partial charge in [-0.3, -0.25) is 17.9 Å². The van der Waals surface area contributed by atoms with E-state index in [1.807, 2.05) is 0 Å². The Morgan fingerprint density at radius 1 is 0.319 bits per heavy atom. The summed E-state index contributed by atoms with van der Waals surface area (Å²) in [4.78, 5) is 15.7. The smallest absolute Gasteiger partial charge is 0.220 e. The number of aromatic nitrogens is 7. The van der Waals surface area contributed by atoms with Crippen LogP contribution in [0.5, 0.6) is 0 Å². The molecule has 91 heavy (non-hydrogen) atoms. The van der Waals surface area contributed by atoms with Gasteiger partial charge in [-0.05, 0) is 181 Å². The summed E-state index contributed by atoms with van der Waals surface area (Å²) in [6, 6.07) is 96.0. The maximum atomic E-state index is 9.82. The summed E-state index contributed by atoms with van der Waals surface area (Å²) in [7, 11) is 0. The van der Waals surface area contributed by atoms with Crippen molar-refractivity contribution in [1.82, 2.24) is 32.5 Å². The van der Waals surface area contributed by atoms with E-state index in [1.165, 1.54) is 11.1 Å². The average Bonchev–Trinajstić information content (AvgIpc) is 1.62. The lowest BCUT2D eigenvalue weighted by Crippen LogP contribution is -2.10. The summed E-state index contributed by atoms with van der Waals surface area (Å²) in [6.07, 6.45) is 0. The summed E-state index contributed by atoms with van der Waals surface area (Å²) < 4.78 is 11.6. The Morgan fingerprint density at radius 2 is 0.703 bits per heavy atom. The molecule has 434 valence electrons. The third-order valence-corrected chi connectivity index (χ3v) is 18.6. The van der Waals surface area contributed by atoms with Crippen LogP contribution in [-0.2, 0) is 10.8 Å². The molecule has 0 fully saturated rings. The van der Waals surface area contributed by atoms with Gasteiger partial charge in [-0.2, -0.15) is 0 Å². The van der Waals surface area contributed by atoms with E-state index >= 15 is 0 Å². The van der Waals surface area contributed by atoms with Crippen molar-refractivity contribution in [2.45, 2.75) is 52.4 Å². The van der Waals surface area contributed by atoms with Gasteiger partial charge in [-0.1, -0.05) is 205 Å². The minimum absolute atomic E-state index is 0.114. The van der Waals surface area contributed by atoms with Crippen LogP contribution < -0.4 is 0 Å². The van der Waals surface area contributed by atoms with Gasteiger partial charge in [-0.15, -0.1) is 0 Å². The van der Waals surface area contributed by atoms with E-state index in [0.29, 0.717) is 5.69 Å². The van der Waals surface area contributed by atoms with Gasteiger partial charge in [0.15, 0.2) is 0 Å². The van der Waals surface area contributed by atoms with Crippen LogP contribution in [-0.4, -0.2) is 32.5 Å². The molecule has 0 saturated heterocycles. The molecular weight excluding hydrogens is 1110 g/mol. The van der Waals surface area contributed by atoms with Crippen molar-refractivity contribution < 1.29 is 0 Å². The van der Waals surface area contributed by atoms with Crippen molar-refractivity contribution in [3.8, 4) is 72.7 Å². The highest BCUT2D eigenvalue weighted by Crippen LogP contribution is 2.52. The summed E-state index contributed by atoms with van der Waals surface area (Å²) in [5.41, 5.74) is 25.7. The number of nitrogens with zero attached hydrogens (tertiary/aromatic N) is 8. The minimum atomic E-state index is -0.114. The SMILES string of the molecule is [C-]#[N+]c1c(-c2ccccc2)c(-c2ccc3c(c2)n2c4cc(-c5ccccc5)ccc4nc2n3-c2ccccc2)cc(-c2ccc3c(c2)n2c4cc(-c5ccccc5)ccc4nc2n3-c2ccccc2)c1-n1c2ccc(C(C)(C)C)cc2c2cc(C(C)(C)C)ccc21. The molecule has 0 spiro atoms. The highest BCUT2D eigenvalue weighted by Gasteiger charge is 2.30. The third-order valence-electron chi connectivity index (χ3n) is 18.6. The van der Waals surface area contributed by atoms with Gasteiger partial charge in [0.2, 0.25) is 17.2 Å². The van der Waals surface area contributed by atoms with Crippen LogP contribution in [0.2, 0.25) is 0 Å². The van der Waals surface area contributed by atoms with E-state index in [4.69, 9.17) is 14.8 Å². The second kappa shape index (κ2) is 20.3. The average molecular weight is 1170 g/mol. The first-order valence-corrected chi connectivity index (χ1v) is 31.3. The van der Waals surface area contributed by atoms with Gasteiger partial charge >= 0.3 is 0 Å². The van der Waals surface area contributed by atoms with Crippen molar-refractivity contribution >= 4 is 83.2 Å². The van der Waals surface area contributed by atoms with E-state index in [-0.39, 0.29) is 10.8 Å². The van der Waals surface area contributed by atoms with E-state index in [0.717, 1.165) is 150 Å².